The summed E-state index contributed by atoms with van der Waals surface area (Å²) in [5.74, 6) is 2.56. The maximum absolute atomic E-state index is 6.43. The van der Waals surface area contributed by atoms with Crippen molar-refractivity contribution in [3.05, 3.63) is 146 Å². The summed E-state index contributed by atoms with van der Waals surface area (Å²) >= 11 is 1.77. The van der Waals surface area contributed by atoms with Crippen molar-refractivity contribution in [3.8, 4) is 56.7 Å². The van der Waals surface area contributed by atoms with E-state index in [1.807, 2.05) is 103 Å². The quantitative estimate of drug-likeness (QED) is 0.194. The number of rotatable bonds is 5. The number of fused-ring (bicyclic) bond motifs is 4. The molecule has 9 aromatic rings. The Bertz CT molecular complexity index is 2470. The highest BCUT2D eigenvalue weighted by molar-refractivity contribution is 7.26. The molecule has 0 aliphatic carbocycles. The van der Waals surface area contributed by atoms with Gasteiger partial charge in [-0.05, 0) is 24.3 Å². The molecule has 5 nitrogen and oxygen atoms in total. The van der Waals surface area contributed by atoms with E-state index < -0.39 is 0 Å². The van der Waals surface area contributed by atoms with Gasteiger partial charge in [0, 0.05) is 53.6 Å². The van der Waals surface area contributed by atoms with E-state index in [0.717, 1.165) is 60.0 Å². The fraction of sp³-hybridized carbons (Fsp3) is 0. The van der Waals surface area contributed by atoms with Crippen molar-refractivity contribution in [3.63, 3.8) is 0 Å². The first-order valence-corrected chi connectivity index (χ1v) is 15.9. The first kappa shape index (κ1) is 26.4. The van der Waals surface area contributed by atoms with Crippen molar-refractivity contribution in [1.82, 2.24) is 19.9 Å². The van der Waals surface area contributed by atoms with Crippen molar-refractivity contribution < 1.29 is 4.42 Å². The van der Waals surface area contributed by atoms with E-state index in [0.29, 0.717) is 23.4 Å². The average Bonchev–Trinajstić information content (AvgIpc) is 3.75. The maximum atomic E-state index is 6.43. The molecule has 0 aliphatic rings. The van der Waals surface area contributed by atoms with E-state index in [4.69, 9.17) is 24.4 Å². The fourth-order valence-electron chi connectivity index (χ4n) is 6.04. The third-order valence-electron chi connectivity index (χ3n) is 8.19. The minimum absolute atomic E-state index is 0.618. The summed E-state index contributed by atoms with van der Waals surface area (Å²) in [5.41, 5.74) is 7.57. The SMILES string of the molecule is c1ccc(-c2nc(-c3ccccc3)nc(-c3cccc4sc5c(-c6cccc7nc(-c8ccccc8)oc67)cccc5c34)n2)cc1. The largest absolute Gasteiger partial charge is 0.435 e. The molecule has 0 aliphatic heterocycles. The molecule has 0 saturated heterocycles. The van der Waals surface area contributed by atoms with Crippen LogP contribution in [0.4, 0.5) is 0 Å². The molecule has 9 rings (SSSR count). The molecule has 3 heterocycles. The Balaban J connectivity index is 1.26. The van der Waals surface area contributed by atoms with Crippen LogP contribution >= 0.6 is 11.3 Å². The zero-order valence-electron chi connectivity index (χ0n) is 24.5. The second kappa shape index (κ2) is 10.9. The van der Waals surface area contributed by atoms with E-state index >= 15 is 0 Å². The van der Waals surface area contributed by atoms with Crippen molar-refractivity contribution in [2.45, 2.75) is 0 Å². The van der Waals surface area contributed by atoms with Gasteiger partial charge in [-0.2, -0.15) is 0 Å². The lowest BCUT2D eigenvalue weighted by atomic mass is 10.00. The number of nitrogens with zero attached hydrogens (tertiary/aromatic N) is 4. The van der Waals surface area contributed by atoms with Crippen molar-refractivity contribution in [2.75, 3.05) is 0 Å². The minimum atomic E-state index is 0.618. The van der Waals surface area contributed by atoms with Crippen LogP contribution in [0.25, 0.3) is 88.0 Å². The minimum Gasteiger partial charge on any atom is -0.435 e. The van der Waals surface area contributed by atoms with Gasteiger partial charge in [0.15, 0.2) is 23.1 Å². The Hall–Kier alpha value is -5.98. The van der Waals surface area contributed by atoms with Crippen molar-refractivity contribution in [1.29, 1.82) is 0 Å². The zero-order valence-corrected chi connectivity index (χ0v) is 25.3. The Morgan fingerprint density at radius 1 is 0.435 bits per heavy atom. The second-order valence-electron chi connectivity index (χ2n) is 11.0. The molecule has 0 N–H and O–H groups in total. The van der Waals surface area contributed by atoms with Crippen LogP contribution in [-0.4, -0.2) is 19.9 Å². The van der Waals surface area contributed by atoms with Gasteiger partial charge in [-0.3, -0.25) is 0 Å². The molecular formula is C40H24N4OS. The van der Waals surface area contributed by atoms with Crippen LogP contribution in [0.1, 0.15) is 0 Å². The monoisotopic (exact) mass is 608 g/mol. The van der Waals surface area contributed by atoms with E-state index in [1.165, 1.54) is 4.70 Å². The number of hydrogen-bond acceptors (Lipinski definition) is 6. The molecule has 0 radical (unpaired) electrons. The topological polar surface area (TPSA) is 64.7 Å². The van der Waals surface area contributed by atoms with Gasteiger partial charge in [-0.1, -0.05) is 121 Å². The molecule has 0 amide bonds. The summed E-state index contributed by atoms with van der Waals surface area (Å²) < 4.78 is 8.77. The molecule has 0 saturated carbocycles. The van der Waals surface area contributed by atoms with Crippen LogP contribution < -0.4 is 0 Å². The first-order valence-electron chi connectivity index (χ1n) is 15.1. The first-order chi connectivity index (χ1) is 22.8. The summed E-state index contributed by atoms with van der Waals surface area (Å²) in [5, 5.41) is 2.28. The zero-order chi connectivity index (χ0) is 30.5. The maximum Gasteiger partial charge on any atom is 0.227 e. The lowest BCUT2D eigenvalue weighted by molar-refractivity contribution is 0.621. The van der Waals surface area contributed by atoms with E-state index in [2.05, 4.69) is 42.5 Å². The van der Waals surface area contributed by atoms with Gasteiger partial charge in [-0.15, -0.1) is 11.3 Å². The predicted molar refractivity (Wildman–Crippen MR) is 187 cm³/mol. The van der Waals surface area contributed by atoms with Gasteiger partial charge >= 0.3 is 0 Å². The third kappa shape index (κ3) is 4.47. The average molecular weight is 609 g/mol. The van der Waals surface area contributed by atoms with Crippen LogP contribution in [0.15, 0.2) is 150 Å². The molecule has 216 valence electrons. The lowest BCUT2D eigenvalue weighted by Crippen LogP contribution is -2.00. The summed E-state index contributed by atoms with van der Waals surface area (Å²) in [7, 11) is 0. The van der Waals surface area contributed by atoms with Gasteiger partial charge in [0.25, 0.3) is 0 Å². The van der Waals surface area contributed by atoms with Gasteiger partial charge in [0.1, 0.15) is 5.52 Å². The standard InChI is InChI=1S/C40H24N4OS/c1-4-13-25(14-5-1)37-42-38(26-15-6-2-7-16-26)44-39(43-37)31-22-12-24-33-34(31)30-21-10-20-29(36(30)46-33)28-19-11-23-32-35(28)45-40(41-32)27-17-8-3-9-18-27/h1-24H. The number of thiophene rings is 1. The Morgan fingerprint density at radius 3 is 1.70 bits per heavy atom. The summed E-state index contributed by atoms with van der Waals surface area (Å²) in [6.45, 7) is 0. The smallest absolute Gasteiger partial charge is 0.227 e. The highest BCUT2D eigenvalue weighted by Crippen LogP contribution is 2.45. The normalized spacial score (nSPS) is 11.5. The highest BCUT2D eigenvalue weighted by atomic mass is 32.1. The number of oxazole rings is 1. The molecule has 0 atom stereocenters. The highest BCUT2D eigenvalue weighted by Gasteiger charge is 2.20. The Labute approximate surface area is 268 Å². The molecule has 6 heteroatoms. The van der Waals surface area contributed by atoms with Crippen molar-refractivity contribution >= 4 is 42.6 Å². The molecule has 3 aromatic heterocycles. The molecule has 0 fully saturated rings. The molecule has 0 spiro atoms. The van der Waals surface area contributed by atoms with Gasteiger partial charge in [0.05, 0.1) is 0 Å². The van der Waals surface area contributed by atoms with Gasteiger partial charge in [0.2, 0.25) is 5.89 Å². The van der Waals surface area contributed by atoms with Gasteiger partial charge < -0.3 is 4.42 Å². The second-order valence-corrected chi connectivity index (χ2v) is 12.1. The van der Waals surface area contributed by atoms with Crippen LogP contribution in [0.5, 0.6) is 0 Å². The molecule has 0 unspecified atom stereocenters. The van der Waals surface area contributed by atoms with E-state index in [9.17, 15) is 0 Å². The summed E-state index contributed by atoms with van der Waals surface area (Å²) in [6.07, 6.45) is 0. The van der Waals surface area contributed by atoms with Crippen LogP contribution in [-0.2, 0) is 0 Å². The number of aromatic nitrogens is 4. The van der Waals surface area contributed by atoms with Crippen LogP contribution in [0.2, 0.25) is 0 Å². The molecule has 6 aromatic carbocycles. The molecular weight excluding hydrogens is 585 g/mol. The predicted octanol–water partition coefficient (Wildman–Crippen LogP) is 10.7. The third-order valence-corrected chi connectivity index (χ3v) is 9.39. The van der Waals surface area contributed by atoms with Gasteiger partial charge in [-0.25, -0.2) is 19.9 Å². The summed E-state index contributed by atoms with van der Waals surface area (Å²) in [4.78, 5) is 19.8. The van der Waals surface area contributed by atoms with Crippen molar-refractivity contribution in [2.24, 2.45) is 0 Å². The summed E-state index contributed by atoms with van der Waals surface area (Å²) in [6, 6.07) is 49.2. The fourth-order valence-corrected chi connectivity index (χ4v) is 7.30. The van der Waals surface area contributed by atoms with Crippen LogP contribution in [0.3, 0.4) is 0 Å². The Kier molecular flexibility index (Phi) is 6.25. The number of benzene rings is 6. The van der Waals surface area contributed by atoms with E-state index in [1.54, 1.807) is 11.3 Å². The molecule has 0 bridgehead atoms. The van der Waals surface area contributed by atoms with Crippen LogP contribution in [0, 0.1) is 0 Å². The number of para-hydroxylation sites is 1. The molecule has 46 heavy (non-hydrogen) atoms. The van der Waals surface area contributed by atoms with E-state index in [-0.39, 0.29) is 0 Å². The lowest BCUT2D eigenvalue weighted by Gasteiger charge is -2.09. The Morgan fingerprint density at radius 2 is 1.00 bits per heavy atom. The number of hydrogen-bond donors (Lipinski definition) is 0.